The van der Waals surface area contributed by atoms with Gasteiger partial charge in [-0.3, -0.25) is 0 Å². The second kappa shape index (κ2) is 6.80. The molecule has 1 atom stereocenters. The lowest BCUT2D eigenvalue weighted by atomic mass is 9.79. The van der Waals surface area contributed by atoms with Crippen LogP contribution in [0.5, 0.6) is 0 Å². The maximum atomic E-state index is 5.79. The van der Waals surface area contributed by atoms with Gasteiger partial charge >= 0.3 is 0 Å². The van der Waals surface area contributed by atoms with E-state index in [9.17, 15) is 0 Å². The Kier molecular flexibility index (Phi) is 4.81. The fourth-order valence-electron chi connectivity index (χ4n) is 2.89. The predicted octanol–water partition coefficient (Wildman–Crippen LogP) is 5.40. The van der Waals surface area contributed by atoms with Crippen LogP contribution in [0.25, 0.3) is 0 Å². The molecule has 112 valence electrons. The highest BCUT2D eigenvalue weighted by Gasteiger charge is 2.22. The summed E-state index contributed by atoms with van der Waals surface area (Å²) in [7, 11) is 0. The zero-order valence-corrected chi connectivity index (χ0v) is 14.0. The summed E-state index contributed by atoms with van der Waals surface area (Å²) < 4.78 is 6.58. The van der Waals surface area contributed by atoms with Crippen molar-refractivity contribution in [2.75, 3.05) is 6.54 Å². The molecule has 0 bridgehead atoms. The summed E-state index contributed by atoms with van der Waals surface area (Å²) in [5, 5.41) is 3.60. The lowest BCUT2D eigenvalue weighted by Crippen LogP contribution is -2.23. The molecule has 1 aromatic heterocycles. The summed E-state index contributed by atoms with van der Waals surface area (Å²) in [5.74, 6) is 1.74. The van der Waals surface area contributed by atoms with Gasteiger partial charge in [0.25, 0.3) is 0 Å². The van der Waals surface area contributed by atoms with Crippen molar-refractivity contribution < 1.29 is 4.42 Å². The highest BCUT2D eigenvalue weighted by atomic mass is 79.9. The highest BCUT2D eigenvalue weighted by Crippen LogP contribution is 2.37. The molecule has 0 amide bonds. The third-order valence-electron chi connectivity index (χ3n) is 4.30. The van der Waals surface area contributed by atoms with E-state index in [1.165, 1.54) is 30.4 Å². The lowest BCUT2D eigenvalue weighted by Gasteiger charge is -2.27. The van der Waals surface area contributed by atoms with Crippen LogP contribution in [-0.2, 0) is 0 Å². The third kappa shape index (κ3) is 3.41. The normalized spacial score (nSPS) is 16.7. The molecule has 1 aliphatic rings. The Bertz CT molecular complexity index is 588. The van der Waals surface area contributed by atoms with Crippen LogP contribution in [0.2, 0.25) is 0 Å². The molecule has 2 aromatic rings. The molecule has 21 heavy (non-hydrogen) atoms. The zero-order valence-electron chi connectivity index (χ0n) is 12.4. The van der Waals surface area contributed by atoms with Gasteiger partial charge in [-0.05, 0) is 70.9 Å². The van der Waals surface area contributed by atoms with E-state index in [-0.39, 0.29) is 6.04 Å². The summed E-state index contributed by atoms with van der Waals surface area (Å²) >= 11 is 3.40. The smallest absolute Gasteiger partial charge is 0.169 e. The molecule has 1 aliphatic carbocycles. The Morgan fingerprint density at radius 1 is 1.29 bits per heavy atom. The van der Waals surface area contributed by atoms with Crippen molar-refractivity contribution in [3.63, 3.8) is 0 Å². The molecule has 0 spiro atoms. The third-order valence-corrected chi connectivity index (χ3v) is 4.72. The maximum absolute atomic E-state index is 5.79. The number of halogens is 1. The quantitative estimate of drug-likeness (QED) is 0.756. The standard InChI is InChI=1S/C18H22BrNO/c1-2-11-20-18(16-9-10-17(19)21-16)15-8-4-7-14(12-15)13-5-3-6-13/h4,7-10,12-13,18,20H,2-3,5-6,11H2,1H3. The number of hydrogen-bond acceptors (Lipinski definition) is 2. The van der Waals surface area contributed by atoms with Crippen LogP contribution in [0, 0.1) is 0 Å². The van der Waals surface area contributed by atoms with Crippen LogP contribution >= 0.6 is 15.9 Å². The molecule has 1 aromatic carbocycles. The van der Waals surface area contributed by atoms with Crippen molar-refractivity contribution in [1.82, 2.24) is 5.32 Å². The van der Waals surface area contributed by atoms with Gasteiger partial charge in [0.1, 0.15) is 5.76 Å². The van der Waals surface area contributed by atoms with E-state index in [4.69, 9.17) is 4.42 Å². The van der Waals surface area contributed by atoms with Gasteiger partial charge in [0.2, 0.25) is 0 Å². The van der Waals surface area contributed by atoms with Gasteiger partial charge in [-0.25, -0.2) is 0 Å². The molecule has 1 fully saturated rings. The van der Waals surface area contributed by atoms with Crippen LogP contribution < -0.4 is 5.32 Å². The van der Waals surface area contributed by atoms with Gasteiger partial charge in [0.05, 0.1) is 6.04 Å². The van der Waals surface area contributed by atoms with E-state index >= 15 is 0 Å². The fraction of sp³-hybridized carbons (Fsp3) is 0.444. The molecule has 0 saturated heterocycles. The molecule has 2 nitrogen and oxygen atoms in total. The Labute approximate surface area is 135 Å². The molecule has 0 radical (unpaired) electrons. The van der Waals surface area contributed by atoms with Crippen LogP contribution in [-0.4, -0.2) is 6.54 Å². The van der Waals surface area contributed by atoms with Gasteiger partial charge in [-0.1, -0.05) is 37.6 Å². The minimum absolute atomic E-state index is 0.135. The van der Waals surface area contributed by atoms with E-state index in [1.807, 2.05) is 12.1 Å². The highest BCUT2D eigenvalue weighted by molar-refractivity contribution is 9.10. The first-order chi connectivity index (χ1) is 10.3. The average Bonchev–Trinajstić information content (AvgIpc) is 2.84. The second-order valence-corrected chi connectivity index (χ2v) is 6.61. The molecule has 1 saturated carbocycles. The van der Waals surface area contributed by atoms with Crippen molar-refractivity contribution in [1.29, 1.82) is 0 Å². The van der Waals surface area contributed by atoms with Crippen molar-refractivity contribution in [2.45, 2.75) is 44.6 Å². The molecule has 3 heteroatoms. The minimum Gasteiger partial charge on any atom is -0.452 e. The number of rotatable bonds is 6. The van der Waals surface area contributed by atoms with E-state index in [2.05, 4.69) is 52.4 Å². The van der Waals surface area contributed by atoms with Gasteiger partial charge in [0, 0.05) is 0 Å². The van der Waals surface area contributed by atoms with Gasteiger partial charge in [-0.2, -0.15) is 0 Å². The number of nitrogens with one attached hydrogen (secondary N) is 1. The molecule has 1 heterocycles. The molecular weight excluding hydrogens is 326 g/mol. The Hall–Kier alpha value is -1.06. The van der Waals surface area contributed by atoms with Crippen molar-refractivity contribution in [3.05, 3.63) is 58.0 Å². The molecule has 3 rings (SSSR count). The van der Waals surface area contributed by atoms with Crippen LogP contribution in [0.1, 0.15) is 61.5 Å². The predicted molar refractivity (Wildman–Crippen MR) is 89.6 cm³/mol. The van der Waals surface area contributed by atoms with Crippen molar-refractivity contribution >= 4 is 15.9 Å². The van der Waals surface area contributed by atoms with Crippen LogP contribution in [0.3, 0.4) is 0 Å². The lowest BCUT2D eigenvalue weighted by molar-refractivity contribution is 0.416. The Morgan fingerprint density at radius 2 is 2.14 bits per heavy atom. The Balaban J connectivity index is 1.88. The first kappa shape index (κ1) is 14.9. The SMILES string of the molecule is CCCNC(c1cccc(C2CCC2)c1)c1ccc(Br)o1. The number of benzene rings is 1. The van der Waals surface area contributed by atoms with E-state index in [0.29, 0.717) is 0 Å². The Morgan fingerprint density at radius 3 is 2.76 bits per heavy atom. The van der Waals surface area contributed by atoms with E-state index in [1.54, 1.807) is 0 Å². The average molecular weight is 348 g/mol. The van der Waals surface area contributed by atoms with Crippen LogP contribution in [0.4, 0.5) is 0 Å². The summed E-state index contributed by atoms with van der Waals surface area (Å²) in [4.78, 5) is 0. The monoisotopic (exact) mass is 347 g/mol. The zero-order chi connectivity index (χ0) is 14.7. The molecule has 1 unspecified atom stereocenters. The first-order valence-electron chi connectivity index (χ1n) is 7.86. The van der Waals surface area contributed by atoms with Gasteiger partial charge < -0.3 is 9.73 Å². The molecular formula is C18H22BrNO. The van der Waals surface area contributed by atoms with E-state index < -0.39 is 0 Å². The summed E-state index contributed by atoms with van der Waals surface area (Å²) in [6.45, 7) is 3.17. The topological polar surface area (TPSA) is 25.2 Å². The number of hydrogen-bond donors (Lipinski definition) is 1. The number of furan rings is 1. The second-order valence-electron chi connectivity index (χ2n) is 5.83. The van der Waals surface area contributed by atoms with Crippen LogP contribution in [0.15, 0.2) is 45.5 Å². The fourth-order valence-corrected chi connectivity index (χ4v) is 3.21. The summed E-state index contributed by atoms with van der Waals surface area (Å²) in [6, 6.07) is 13.2. The summed E-state index contributed by atoms with van der Waals surface area (Å²) in [6.07, 6.45) is 5.16. The molecule has 1 N–H and O–H groups in total. The van der Waals surface area contributed by atoms with E-state index in [0.717, 1.165) is 29.3 Å². The van der Waals surface area contributed by atoms with Crippen molar-refractivity contribution in [3.8, 4) is 0 Å². The van der Waals surface area contributed by atoms with Crippen molar-refractivity contribution in [2.24, 2.45) is 0 Å². The van der Waals surface area contributed by atoms with Gasteiger partial charge in [-0.15, -0.1) is 0 Å². The molecule has 0 aliphatic heterocycles. The largest absolute Gasteiger partial charge is 0.452 e. The maximum Gasteiger partial charge on any atom is 0.169 e. The van der Waals surface area contributed by atoms with Gasteiger partial charge in [0.15, 0.2) is 4.67 Å². The minimum atomic E-state index is 0.135. The summed E-state index contributed by atoms with van der Waals surface area (Å²) in [5.41, 5.74) is 2.78. The first-order valence-corrected chi connectivity index (χ1v) is 8.65.